The standard InChI is InChI=1S/C21H24ClN3O/c1-3-15(4-2)13-25-14-16(17-7-5-6-8-20(17)25)11-21(26)24-19-9-10-23-12-18(19)22/h5-10,12,14-15H,3-4,11,13H2,1-2H3,(H,23,24,26). The highest BCUT2D eigenvalue weighted by Gasteiger charge is 2.14. The van der Waals surface area contributed by atoms with Gasteiger partial charge < -0.3 is 9.88 Å². The van der Waals surface area contributed by atoms with E-state index in [0.717, 1.165) is 30.3 Å². The second kappa shape index (κ2) is 8.37. The molecule has 0 radical (unpaired) electrons. The summed E-state index contributed by atoms with van der Waals surface area (Å²) in [6, 6.07) is 9.98. The quantitative estimate of drug-likeness (QED) is 0.613. The van der Waals surface area contributed by atoms with Crippen molar-refractivity contribution in [2.24, 2.45) is 5.92 Å². The molecule has 1 aromatic carbocycles. The second-order valence-corrected chi connectivity index (χ2v) is 6.99. The zero-order valence-electron chi connectivity index (χ0n) is 15.2. The molecule has 2 heterocycles. The van der Waals surface area contributed by atoms with Crippen LogP contribution < -0.4 is 5.32 Å². The average Bonchev–Trinajstić information content (AvgIpc) is 2.99. The lowest BCUT2D eigenvalue weighted by Gasteiger charge is -2.14. The van der Waals surface area contributed by atoms with Crippen molar-refractivity contribution in [2.75, 3.05) is 5.32 Å². The summed E-state index contributed by atoms with van der Waals surface area (Å²) in [6.45, 7) is 5.44. The van der Waals surface area contributed by atoms with Gasteiger partial charge >= 0.3 is 0 Å². The molecule has 0 aliphatic heterocycles. The molecule has 0 atom stereocenters. The maximum absolute atomic E-state index is 12.5. The van der Waals surface area contributed by atoms with Crippen molar-refractivity contribution in [3.05, 3.63) is 59.5 Å². The van der Waals surface area contributed by atoms with Crippen molar-refractivity contribution >= 4 is 34.1 Å². The fourth-order valence-corrected chi connectivity index (χ4v) is 3.45. The van der Waals surface area contributed by atoms with Crippen molar-refractivity contribution in [3.8, 4) is 0 Å². The highest BCUT2D eigenvalue weighted by Crippen LogP contribution is 2.25. The number of hydrogen-bond acceptors (Lipinski definition) is 2. The Morgan fingerprint density at radius 3 is 2.73 bits per heavy atom. The van der Waals surface area contributed by atoms with E-state index in [0.29, 0.717) is 23.0 Å². The molecular weight excluding hydrogens is 346 g/mol. The summed E-state index contributed by atoms with van der Waals surface area (Å²) in [5.74, 6) is 0.562. The molecule has 1 N–H and O–H groups in total. The van der Waals surface area contributed by atoms with Gasteiger partial charge in [-0.1, -0.05) is 56.5 Å². The first-order valence-electron chi connectivity index (χ1n) is 9.08. The van der Waals surface area contributed by atoms with E-state index in [2.05, 4.69) is 47.0 Å². The summed E-state index contributed by atoms with van der Waals surface area (Å²) >= 11 is 6.08. The third-order valence-electron chi connectivity index (χ3n) is 4.88. The Kier molecular flexibility index (Phi) is 5.94. The van der Waals surface area contributed by atoms with Crippen LogP contribution >= 0.6 is 11.6 Å². The minimum atomic E-state index is -0.0801. The summed E-state index contributed by atoms with van der Waals surface area (Å²) in [4.78, 5) is 16.5. The Hall–Kier alpha value is -2.33. The number of carbonyl (C=O) groups is 1. The van der Waals surface area contributed by atoms with Crippen LogP contribution in [-0.2, 0) is 17.8 Å². The Labute approximate surface area is 159 Å². The molecule has 0 aliphatic carbocycles. The van der Waals surface area contributed by atoms with Gasteiger partial charge in [0.1, 0.15) is 0 Å². The van der Waals surface area contributed by atoms with Crippen molar-refractivity contribution in [2.45, 2.75) is 39.7 Å². The molecule has 3 aromatic rings. The predicted octanol–water partition coefficient (Wildman–Crippen LogP) is 5.31. The monoisotopic (exact) mass is 369 g/mol. The van der Waals surface area contributed by atoms with Crippen LogP contribution in [0.3, 0.4) is 0 Å². The fraction of sp³-hybridized carbons (Fsp3) is 0.333. The summed E-state index contributed by atoms with van der Waals surface area (Å²) in [7, 11) is 0. The van der Waals surface area contributed by atoms with E-state index >= 15 is 0 Å². The van der Waals surface area contributed by atoms with Crippen LogP contribution in [0.2, 0.25) is 5.02 Å². The summed E-state index contributed by atoms with van der Waals surface area (Å²) in [5, 5.41) is 4.45. The van der Waals surface area contributed by atoms with E-state index < -0.39 is 0 Å². The molecule has 0 aliphatic rings. The molecular formula is C21H24ClN3O. The molecule has 136 valence electrons. The van der Waals surface area contributed by atoms with Gasteiger partial charge in [-0.25, -0.2) is 0 Å². The molecule has 0 saturated heterocycles. The Balaban J connectivity index is 1.83. The molecule has 5 heteroatoms. The number of amides is 1. The summed E-state index contributed by atoms with van der Waals surface area (Å²) in [6.07, 6.45) is 7.88. The molecule has 0 fully saturated rings. The van der Waals surface area contributed by atoms with E-state index in [-0.39, 0.29) is 5.91 Å². The number of para-hydroxylation sites is 1. The van der Waals surface area contributed by atoms with Gasteiger partial charge in [-0.05, 0) is 23.6 Å². The number of anilines is 1. The van der Waals surface area contributed by atoms with Crippen molar-refractivity contribution in [3.63, 3.8) is 0 Å². The number of carbonyl (C=O) groups excluding carboxylic acids is 1. The highest BCUT2D eigenvalue weighted by atomic mass is 35.5. The number of nitrogens with zero attached hydrogens (tertiary/aromatic N) is 2. The van der Waals surface area contributed by atoms with Crippen LogP contribution in [-0.4, -0.2) is 15.5 Å². The van der Waals surface area contributed by atoms with Crippen molar-refractivity contribution in [1.82, 2.24) is 9.55 Å². The normalized spacial score (nSPS) is 11.2. The van der Waals surface area contributed by atoms with Gasteiger partial charge in [-0.2, -0.15) is 0 Å². The number of pyridine rings is 1. The molecule has 1 amide bonds. The smallest absolute Gasteiger partial charge is 0.228 e. The van der Waals surface area contributed by atoms with E-state index in [9.17, 15) is 4.79 Å². The lowest BCUT2D eigenvalue weighted by atomic mass is 10.0. The van der Waals surface area contributed by atoms with Crippen LogP contribution in [0.5, 0.6) is 0 Å². The number of benzene rings is 1. The van der Waals surface area contributed by atoms with Gasteiger partial charge in [0.15, 0.2) is 0 Å². The van der Waals surface area contributed by atoms with Crippen LogP contribution in [0, 0.1) is 5.92 Å². The fourth-order valence-electron chi connectivity index (χ4n) is 3.28. The molecule has 0 bridgehead atoms. The molecule has 0 saturated carbocycles. The Morgan fingerprint density at radius 1 is 1.23 bits per heavy atom. The molecule has 0 spiro atoms. The Bertz CT molecular complexity index is 899. The SMILES string of the molecule is CCC(CC)Cn1cc(CC(=O)Nc2ccncc2Cl)c2ccccc21. The first-order chi connectivity index (χ1) is 12.6. The summed E-state index contributed by atoms with van der Waals surface area (Å²) < 4.78 is 2.29. The number of hydrogen-bond donors (Lipinski definition) is 1. The number of halogens is 1. The predicted molar refractivity (Wildman–Crippen MR) is 108 cm³/mol. The lowest BCUT2D eigenvalue weighted by Crippen LogP contribution is -2.14. The largest absolute Gasteiger partial charge is 0.347 e. The first kappa shape index (κ1) is 18.5. The third kappa shape index (κ3) is 4.07. The zero-order chi connectivity index (χ0) is 18.5. The van der Waals surface area contributed by atoms with Gasteiger partial charge in [0.2, 0.25) is 5.91 Å². The maximum Gasteiger partial charge on any atom is 0.228 e. The van der Waals surface area contributed by atoms with E-state index in [1.165, 1.54) is 11.7 Å². The van der Waals surface area contributed by atoms with Gasteiger partial charge in [0.25, 0.3) is 0 Å². The molecule has 3 rings (SSSR count). The zero-order valence-corrected chi connectivity index (χ0v) is 16.0. The van der Waals surface area contributed by atoms with Gasteiger partial charge in [-0.3, -0.25) is 9.78 Å². The Morgan fingerprint density at radius 2 is 2.00 bits per heavy atom. The van der Waals surface area contributed by atoms with E-state index in [4.69, 9.17) is 11.6 Å². The number of aromatic nitrogens is 2. The lowest BCUT2D eigenvalue weighted by molar-refractivity contribution is -0.115. The van der Waals surface area contributed by atoms with Gasteiger partial charge in [0, 0.05) is 36.0 Å². The molecule has 4 nitrogen and oxygen atoms in total. The van der Waals surface area contributed by atoms with E-state index in [1.54, 1.807) is 12.3 Å². The number of rotatable bonds is 7. The number of nitrogens with one attached hydrogen (secondary N) is 1. The second-order valence-electron chi connectivity index (χ2n) is 6.59. The summed E-state index contributed by atoms with van der Waals surface area (Å²) in [5.41, 5.74) is 2.81. The van der Waals surface area contributed by atoms with Crippen LogP contribution in [0.25, 0.3) is 10.9 Å². The van der Waals surface area contributed by atoms with Crippen molar-refractivity contribution < 1.29 is 4.79 Å². The van der Waals surface area contributed by atoms with Crippen LogP contribution in [0.15, 0.2) is 48.9 Å². The highest BCUT2D eigenvalue weighted by molar-refractivity contribution is 6.33. The average molecular weight is 370 g/mol. The molecule has 2 aromatic heterocycles. The van der Waals surface area contributed by atoms with Crippen LogP contribution in [0.4, 0.5) is 5.69 Å². The third-order valence-corrected chi connectivity index (χ3v) is 5.18. The number of fused-ring (bicyclic) bond motifs is 1. The topological polar surface area (TPSA) is 46.9 Å². The van der Waals surface area contributed by atoms with Crippen molar-refractivity contribution in [1.29, 1.82) is 0 Å². The minimum Gasteiger partial charge on any atom is -0.347 e. The maximum atomic E-state index is 12.5. The van der Waals surface area contributed by atoms with Gasteiger partial charge in [0.05, 0.1) is 17.1 Å². The molecule has 0 unspecified atom stereocenters. The van der Waals surface area contributed by atoms with Crippen LogP contribution in [0.1, 0.15) is 32.3 Å². The molecule has 26 heavy (non-hydrogen) atoms. The van der Waals surface area contributed by atoms with Gasteiger partial charge in [-0.15, -0.1) is 0 Å². The minimum absolute atomic E-state index is 0.0801. The first-order valence-corrected chi connectivity index (χ1v) is 9.46. The van der Waals surface area contributed by atoms with E-state index in [1.807, 2.05) is 12.1 Å².